The van der Waals surface area contributed by atoms with Gasteiger partial charge >= 0.3 is 6.09 Å². The van der Waals surface area contributed by atoms with E-state index in [4.69, 9.17) is 14.6 Å². The number of carbonyl (C=O) groups is 2. The minimum absolute atomic E-state index is 0.0931. The Hall–Kier alpha value is -3.65. The number of benzene rings is 2. The first-order chi connectivity index (χ1) is 18.3. The first-order valence-electron chi connectivity index (χ1n) is 13.5. The Labute approximate surface area is 231 Å². The Bertz CT molecular complexity index is 1360. The lowest BCUT2D eigenvalue weighted by Gasteiger charge is -2.29. The van der Waals surface area contributed by atoms with Gasteiger partial charge in [-0.3, -0.25) is 4.79 Å². The molecule has 1 N–H and O–H groups in total. The molecule has 2 heterocycles. The molecule has 8 nitrogen and oxygen atoms in total. The molecule has 8 heteroatoms. The lowest BCUT2D eigenvalue weighted by molar-refractivity contribution is -0.0390. The summed E-state index contributed by atoms with van der Waals surface area (Å²) in [5.74, 6) is -0.0931. The molecule has 2 aromatic carbocycles. The van der Waals surface area contributed by atoms with Gasteiger partial charge in [-0.05, 0) is 76.6 Å². The molecule has 4 rings (SSSR count). The van der Waals surface area contributed by atoms with Crippen molar-refractivity contribution in [2.75, 3.05) is 20.7 Å². The van der Waals surface area contributed by atoms with Crippen molar-refractivity contribution in [1.82, 2.24) is 20.0 Å². The van der Waals surface area contributed by atoms with Crippen LogP contribution in [0.25, 0.3) is 22.0 Å². The number of aromatic nitrogens is 2. The van der Waals surface area contributed by atoms with Gasteiger partial charge in [0.2, 0.25) is 0 Å². The van der Waals surface area contributed by atoms with Crippen LogP contribution >= 0.6 is 0 Å². The SMILES string of the molecule is CN(C)/C=C/C(=O)c1c(-c2ccc(C(C)(C)NC(=O)OC(C)(C)C)cc2)ccc2nn(C3CCCCO3)cc12. The first kappa shape index (κ1) is 28.4. The number of ketones is 1. The van der Waals surface area contributed by atoms with Crippen LogP contribution in [0.4, 0.5) is 4.79 Å². The number of ether oxygens (including phenoxy) is 2. The number of hydrogen-bond acceptors (Lipinski definition) is 6. The van der Waals surface area contributed by atoms with Gasteiger partial charge in [0.05, 0.1) is 11.1 Å². The zero-order valence-electron chi connectivity index (χ0n) is 24.1. The molecule has 1 fully saturated rings. The van der Waals surface area contributed by atoms with Crippen molar-refractivity contribution in [3.05, 3.63) is 66.0 Å². The summed E-state index contributed by atoms with van der Waals surface area (Å²) in [6.07, 6.45) is 7.75. The van der Waals surface area contributed by atoms with E-state index in [2.05, 4.69) is 5.32 Å². The zero-order valence-corrected chi connectivity index (χ0v) is 24.1. The van der Waals surface area contributed by atoms with Gasteiger partial charge in [0.25, 0.3) is 0 Å². The fourth-order valence-electron chi connectivity index (χ4n) is 4.70. The van der Waals surface area contributed by atoms with E-state index in [9.17, 15) is 9.59 Å². The van der Waals surface area contributed by atoms with Gasteiger partial charge in [-0.15, -0.1) is 0 Å². The maximum atomic E-state index is 13.6. The average Bonchev–Trinajstić information content (AvgIpc) is 3.30. The number of nitrogens with one attached hydrogen (secondary N) is 1. The average molecular weight is 533 g/mol. The molecule has 1 unspecified atom stereocenters. The van der Waals surface area contributed by atoms with E-state index in [0.717, 1.165) is 53.5 Å². The third-order valence-corrected chi connectivity index (χ3v) is 6.66. The second kappa shape index (κ2) is 11.2. The Morgan fingerprint density at radius 2 is 1.79 bits per heavy atom. The van der Waals surface area contributed by atoms with Crippen LogP contribution in [0.5, 0.6) is 0 Å². The topological polar surface area (TPSA) is 85.7 Å². The zero-order chi connectivity index (χ0) is 28.4. The lowest BCUT2D eigenvalue weighted by Crippen LogP contribution is -2.43. The molecule has 1 aliphatic rings. The van der Waals surface area contributed by atoms with E-state index in [1.807, 2.05) is 101 Å². The van der Waals surface area contributed by atoms with Crippen molar-refractivity contribution in [3.63, 3.8) is 0 Å². The van der Waals surface area contributed by atoms with Crippen LogP contribution in [-0.4, -0.2) is 52.9 Å². The molecule has 0 radical (unpaired) electrons. The molecule has 0 spiro atoms. The molecule has 0 saturated carbocycles. The van der Waals surface area contributed by atoms with Gasteiger partial charge < -0.3 is 19.7 Å². The van der Waals surface area contributed by atoms with Crippen LogP contribution in [0.15, 0.2) is 54.9 Å². The molecule has 208 valence electrons. The quantitative estimate of drug-likeness (QED) is 0.279. The predicted octanol–water partition coefficient (Wildman–Crippen LogP) is 6.42. The summed E-state index contributed by atoms with van der Waals surface area (Å²) in [7, 11) is 3.77. The van der Waals surface area contributed by atoms with E-state index < -0.39 is 17.2 Å². The van der Waals surface area contributed by atoms with Gasteiger partial charge in [0.1, 0.15) is 11.8 Å². The number of rotatable bonds is 7. The largest absolute Gasteiger partial charge is 0.444 e. The smallest absolute Gasteiger partial charge is 0.408 e. The molecule has 1 aromatic heterocycles. The maximum absolute atomic E-state index is 13.6. The summed E-state index contributed by atoms with van der Waals surface area (Å²) in [5, 5.41) is 8.51. The van der Waals surface area contributed by atoms with Gasteiger partial charge in [0, 0.05) is 50.1 Å². The molecule has 0 aliphatic carbocycles. The normalized spacial score (nSPS) is 16.4. The van der Waals surface area contributed by atoms with Crippen molar-refractivity contribution in [3.8, 4) is 11.1 Å². The standard InChI is InChI=1S/C31H40N4O4/c1-30(2,3)39-29(37)32-31(4,5)22-13-11-21(12-14-22)23-15-16-25-24(28(23)26(36)17-18-34(6)7)20-35(33-25)27-10-8-9-19-38-27/h11-18,20,27H,8-10,19H2,1-7H3,(H,32,37)/b18-17+. The third kappa shape index (κ3) is 6.87. The van der Waals surface area contributed by atoms with Gasteiger partial charge in [-0.1, -0.05) is 30.3 Å². The highest BCUT2D eigenvalue weighted by atomic mass is 16.6. The van der Waals surface area contributed by atoms with Crippen molar-refractivity contribution in [1.29, 1.82) is 0 Å². The number of hydrogen-bond donors (Lipinski definition) is 1. The van der Waals surface area contributed by atoms with E-state index in [1.54, 1.807) is 12.3 Å². The van der Waals surface area contributed by atoms with Crippen LogP contribution in [0.2, 0.25) is 0 Å². The lowest BCUT2D eigenvalue weighted by atomic mass is 9.90. The number of nitrogens with zero attached hydrogens (tertiary/aromatic N) is 3. The fourth-order valence-corrected chi connectivity index (χ4v) is 4.70. The van der Waals surface area contributed by atoms with E-state index in [0.29, 0.717) is 5.56 Å². The third-order valence-electron chi connectivity index (χ3n) is 6.66. The highest BCUT2D eigenvalue weighted by Gasteiger charge is 2.27. The van der Waals surface area contributed by atoms with Crippen LogP contribution in [0.3, 0.4) is 0 Å². The van der Waals surface area contributed by atoms with Crippen LogP contribution in [-0.2, 0) is 15.0 Å². The second-order valence-electron chi connectivity index (χ2n) is 11.8. The van der Waals surface area contributed by atoms with Crippen molar-refractivity contribution in [2.45, 2.75) is 71.2 Å². The number of amides is 1. The van der Waals surface area contributed by atoms with Crippen molar-refractivity contribution in [2.24, 2.45) is 0 Å². The highest BCUT2D eigenvalue weighted by molar-refractivity contribution is 6.17. The van der Waals surface area contributed by atoms with Crippen LogP contribution in [0.1, 0.15) is 76.0 Å². The van der Waals surface area contributed by atoms with Gasteiger partial charge in [-0.2, -0.15) is 5.10 Å². The fraction of sp³-hybridized carbons (Fsp3) is 0.452. The molecule has 1 aliphatic heterocycles. The summed E-state index contributed by atoms with van der Waals surface area (Å²) in [6.45, 7) is 10.1. The Morgan fingerprint density at radius 3 is 2.41 bits per heavy atom. The van der Waals surface area contributed by atoms with Crippen molar-refractivity contribution >= 4 is 22.8 Å². The molecule has 3 aromatic rings. The van der Waals surface area contributed by atoms with E-state index in [-0.39, 0.29) is 12.0 Å². The molecular formula is C31H40N4O4. The molecular weight excluding hydrogens is 492 g/mol. The number of carbonyl (C=O) groups excluding carboxylic acids is 2. The van der Waals surface area contributed by atoms with Crippen molar-refractivity contribution < 1.29 is 19.1 Å². The van der Waals surface area contributed by atoms with Gasteiger partial charge in [-0.25, -0.2) is 9.48 Å². The number of alkyl carbamates (subject to hydrolysis) is 1. The summed E-state index contributed by atoms with van der Waals surface area (Å²) in [6, 6.07) is 11.8. The Morgan fingerprint density at radius 1 is 1.08 bits per heavy atom. The Kier molecular flexibility index (Phi) is 8.16. The van der Waals surface area contributed by atoms with Crippen LogP contribution < -0.4 is 5.32 Å². The van der Waals surface area contributed by atoms with E-state index >= 15 is 0 Å². The minimum Gasteiger partial charge on any atom is -0.444 e. The molecule has 0 bridgehead atoms. The number of fused-ring (bicyclic) bond motifs is 1. The van der Waals surface area contributed by atoms with Gasteiger partial charge in [0.15, 0.2) is 5.78 Å². The molecule has 39 heavy (non-hydrogen) atoms. The number of allylic oxidation sites excluding steroid dienone is 1. The summed E-state index contributed by atoms with van der Waals surface area (Å²) >= 11 is 0. The van der Waals surface area contributed by atoms with Crippen LogP contribution in [0, 0.1) is 0 Å². The molecule has 1 atom stereocenters. The monoisotopic (exact) mass is 532 g/mol. The predicted molar refractivity (Wildman–Crippen MR) is 154 cm³/mol. The summed E-state index contributed by atoms with van der Waals surface area (Å²) in [5.41, 5.74) is 2.77. The maximum Gasteiger partial charge on any atom is 0.408 e. The highest BCUT2D eigenvalue weighted by Crippen LogP contribution is 2.34. The first-order valence-corrected chi connectivity index (χ1v) is 13.5. The molecule has 1 amide bonds. The summed E-state index contributed by atoms with van der Waals surface area (Å²) < 4.78 is 13.2. The Balaban J connectivity index is 1.71. The summed E-state index contributed by atoms with van der Waals surface area (Å²) in [4.78, 5) is 27.8. The molecule has 1 saturated heterocycles. The second-order valence-corrected chi connectivity index (χ2v) is 11.8. The van der Waals surface area contributed by atoms with E-state index in [1.165, 1.54) is 0 Å². The minimum atomic E-state index is -0.654.